The van der Waals surface area contributed by atoms with Gasteiger partial charge in [-0.1, -0.05) is 84.4 Å². The summed E-state index contributed by atoms with van der Waals surface area (Å²) in [5, 5.41) is 3.27. The summed E-state index contributed by atoms with van der Waals surface area (Å²) in [4.78, 5) is 25.0. The summed E-state index contributed by atoms with van der Waals surface area (Å²) in [7, 11) is 0. The van der Waals surface area contributed by atoms with E-state index in [4.69, 9.17) is 23.8 Å². The number of hydrogen-bond donors (Lipinski definition) is 3. The van der Waals surface area contributed by atoms with Crippen LogP contribution in [0.25, 0.3) is 0 Å². The highest BCUT2D eigenvalue weighted by Gasteiger charge is 2.23. The van der Waals surface area contributed by atoms with Crippen LogP contribution >= 0.6 is 23.8 Å². The first-order chi connectivity index (χ1) is 14.5. The van der Waals surface area contributed by atoms with Crippen molar-refractivity contribution in [2.24, 2.45) is 0 Å². The van der Waals surface area contributed by atoms with Crippen molar-refractivity contribution in [2.45, 2.75) is 12.3 Å². The maximum atomic E-state index is 13.0. The van der Waals surface area contributed by atoms with Crippen molar-refractivity contribution in [1.29, 1.82) is 0 Å². The summed E-state index contributed by atoms with van der Waals surface area (Å²) in [6, 6.07) is 25.9. The highest BCUT2D eigenvalue weighted by molar-refractivity contribution is 7.80. The number of hydrazine groups is 1. The number of thiocarbonyl (C=S) groups is 1. The van der Waals surface area contributed by atoms with E-state index >= 15 is 0 Å². The van der Waals surface area contributed by atoms with Crippen LogP contribution in [0.3, 0.4) is 0 Å². The number of hydrogen-bond acceptors (Lipinski definition) is 3. The lowest BCUT2D eigenvalue weighted by atomic mass is 9.90. The molecule has 0 atom stereocenters. The van der Waals surface area contributed by atoms with E-state index in [9.17, 15) is 9.59 Å². The van der Waals surface area contributed by atoms with Crippen molar-refractivity contribution in [2.75, 3.05) is 0 Å². The van der Waals surface area contributed by atoms with E-state index in [1.54, 1.807) is 24.3 Å². The van der Waals surface area contributed by atoms with Gasteiger partial charge in [-0.2, -0.15) is 0 Å². The molecule has 152 valence electrons. The summed E-state index contributed by atoms with van der Waals surface area (Å²) < 4.78 is 0. The molecule has 2 amide bonds. The van der Waals surface area contributed by atoms with Gasteiger partial charge in [-0.05, 0) is 41.0 Å². The molecule has 30 heavy (non-hydrogen) atoms. The summed E-state index contributed by atoms with van der Waals surface area (Å²) in [6.45, 7) is 0. The van der Waals surface area contributed by atoms with Gasteiger partial charge < -0.3 is 5.32 Å². The fraction of sp³-hybridized carbons (Fsp3) is 0.0870. The zero-order valence-corrected chi connectivity index (χ0v) is 17.5. The van der Waals surface area contributed by atoms with Gasteiger partial charge >= 0.3 is 0 Å². The Kier molecular flexibility index (Phi) is 7.54. The quantitative estimate of drug-likeness (QED) is 0.420. The molecule has 5 nitrogen and oxygen atoms in total. The smallest absolute Gasteiger partial charge is 0.242 e. The number of halogens is 1. The summed E-state index contributed by atoms with van der Waals surface area (Å²) in [5.41, 5.74) is 7.56. The second-order valence-electron chi connectivity index (χ2n) is 6.55. The minimum atomic E-state index is -0.531. The Labute approximate surface area is 185 Å². The number of nitrogens with one attached hydrogen (secondary N) is 3. The summed E-state index contributed by atoms with van der Waals surface area (Å²) >= 11 is 11.0. The van der Waals surface area contributed by atoms with Crippen LogP contribution < -0.4 is 16.2 Å². The minimum Gasteiger partial charge on any atom is -0.301 e. The Morgan fingerprint density at radius 2 is 1.33 bits per heavy atom. The topological polar surface area (TPSA) is 70.2 Å². The van der Waals surface area contributed by atoms with Crippen molar-refractivity contribution in [3.63, 3.8) is 0 Å². The van der Waals surface area contributed by atoms with Gasteiger partial charge in [-0.15, -0.1) is 0 Å². The highest BCUT2D eigenvalue weighted by atomic mass is 35.5. The Balaban J connectivity index is 1.59. The molecule has 0 aromatic heterocycles. The third-order valence-corrected chi connectivity index (χ3v) is 4.81. The first kappa shape index (κ1) is 21.5. The molecule has 0 bridgehead atoms. The monoisotopic (exact) mass is 437 g/mol. The Morgan fingerprint density at radius 1 is 0.800 bits per heavy atom. The summed E-state index contributed by atoms with van der Waals surface area (Å²) in [5.74, 6) is -1.12. The largest absolute Gasteiger partial charge is 0.301 e. The SMILES string of the molecule is O=C(Cc1ccc(Cl)cc1)NNC(=S)NC(=O)C(c1ccccc1)c1ccccc1. The number of carbonyl (C=O) groups excluding carboxylic acids is 2. The molecule has 3 aromatic rings. The minimum absolute atomic E-state index is 0.0151. The molecule has 3 rings (SSSR count). The average molecular weight is 438 g/mol. The Bertz CT molecular complexity index is 972. The normalized spacial score (nSPS) is 10.3. The van der Waals surface area contributed by atoms with Crippen molar-refractivity contribution in [3.05, 3.63) is 107 Å². The number of carbonyl (C=O) groups is 2. The van der Waals surface area contributed by atoms with Gasteiger partial charge in [0, 0.05) is 5.02 Å². The molecule has 0 radical (unpaired) electrons. The average Bonchev–Trinajstić information content (AvgIpc) is 2.76. The molecule has 7 heteroatoms. The van der Waals surface area contributed by atoms with Crippen LogP contribution in [0.1, 0.15) is 22.6 Å². The molecular formula is C23H20ClN3O2S. The van der Waals surface area contributed by atoms with Crippen molar-refractivity contribution < 1.29 is 9.59 Å². The molecule has 0 fully saturated rings. The standard InChI is InChI=1S/C23H20ClN3O2S/c24-19-13-11-16(12-14-19)15-20(28)26-27-23(30)25-22(29)21(17-7-3-1-4-8-17)18-9-5-2-6-10-18/h1-14,21H,15H2,(H,26,28)(H2,25,27,29,30). The van der Waals surface area contributed by atoms with Crippen molar-refractivity contribution in [1.82, 2.24) is 16.2 Å². The number of benzene rings is 3. The molecule has 0 aliphatic carbocycles. The van der Waals surface area contributed by atoms with E-state index in [1.165, 1.54) is 0 Å². The molecule has 0 saturated carbocycles. The van der Waals surface area contributed by atoms with E-state index in [-0.39, 0.29) is 23.3 Å². The molecule has 0 aliphatic heterocycles. The van der Waals surface area contributed by atoms with Gasteiger partial charge in [0.25, 0.3) is 0 Å². The van der Waals surface area contributed by atoms with E-state index in [0.29, 0.717) is 5.02 Å². The zero-order chi connectivity index (χ0) is 21.3. The van der Waals surface area contributed by atoms with Crippen LogP contribution in [-0.2, 0) is 16.0 Å². The maximum Gasteiger partial charge on any atom is 0.242 e. The van der Waals surface area contributed by atoms with Crippen molar-refractivity contribution in [3.8, 4) is 0 Å². The molecular weight excluding hydrogens is 418 g/mol. The van der Waals surface area contributed by atoms with Gasteiger partial charge in [0.1, 0.15) is 0 Å². The predicted octanol–water partition coefficient (Wildman–Crippen LogP) is 3.74. The fourth-order valence-electron chi connectivity index (χ4n) is 2.96. The molecule has 0 unspecified atom stereocenters. The Hall–Kier alpha value is -3.22. The molecule has 0 saturated heterocycles. The first-order valence-corrected chi connectivity index (χ1v) is 10.1. The van der Waals surface area contributed by atoms with Crippen LogP contribution in [0.2, 0.25) is 5.02 Å². The van der Waals surface area contributed by atoms with E-state index < -0.39 is 5.92 Å². The predicted molar refractivity (Wildman–Crippen MR) is 122 cm³/mol. The third-order valence-electron chi connectivity index (χ3n) is 4.36. The van der Waals surface area contributed by atoms with Gasteiger partial charge in [-0.3, -0.25) is 20.4 Å². The lowest BCUT2D eigenvalue weighted by Gasteiger charge is -2.18. The molecule has 0 aliphatic rings. The number of amides is 2. The molecule has 0 spiro atoms. The molecule has 0 heterocycles. The molecule has 3 N–H and O–H groups in total. The van der Waals surface area contributed by atoms with Gasteiger partial charge in [-0.25, -0.2) is 0 Å². The Morgan fingerprint density at radius 3 is 1.87 bits per heavy atom. The van der Waals surface area contributed by atoms with Crippen LogP contribution in [0.5, 0.6) is 0 Å². The fourth-order valence-corrected chi connectivity index (χ4v) is 3.24. The third kappa shape index (κ3) is 6.14. The van der Waals surface area contributed by atoms with Gasteiger partial charge in [0.2, 0.25) is 11.8 Å². The van der Waals surface area contributed by atoms with E-state index in [2.05, 4.69) is 16.2 Å². The van der Waals surface area contributed by atoms with E-state index in [0.717, 1.165) is 16.7 Å². The van der Waals surface area contributed by atoms with Crippen molar-refractivity contribution >= 4 is 40.7 Å². The highest BCUT2D eigenvalue weighted by Crippen LogP contribution is 2.24. The summed E-state index contributed by atoms with van der Waals surface area (Å²) in [6.07, 6.45) is 0.150. The molecule has 3 aromatic carbocycles. The maximum absolute atomic E-state index is 13.0. The van der Waals surface area contributed by atoms with Crippen LogP contribution in [0, 0.1) is 0 Å². The zero-order valence-electron chi connectivity index (χ0n) is 16.0. The van der Waals surface area contributed by atoms with Crippen LogP contribution in [0.15, 0.2) is 84.9 Å². The van der Waals surface area contributed by atoms with Crippen LogP contribution in [-0.4, -0.2) is 16.9 Å². The van der Waals surface area contributed by atoms with Crippen LogP contribution in [0.4, 0.5) is 0 Å². The van der Waals surface area contributed by atoms with Gasteiger partial charge in [0.15, 0.2) is 5.11 Å². The second-order valence-corrected chi connectivity index (χ2v) is 7.39. The van der Waals surface area contributed by atoms with E-state index in [1.807, 2.05) is 60.7 Å². The van der Waals surface area contributed by atoms with Gasteiger partial charge in [0.05, 0.1) is 12.3 Å². The lowest BCUT2D eigenvalue weighted by molar-refractivity contribution is -0.122. The number of rotatable bonds is 5. The lowest BCUT2D eigenvalue weighted by Crippen LogP contribution is -2.49. The first-order valence-electron chi connectivity index (χ1n) is 9.27. The second kappa shape index (κ2) is 10.5.